The number of hydrogen-bond donors (Lipinski definition) is 2. The average Bonchev–Trinajstić information content (AvgIpc) is 2.77. The Labute approximate surface area is 180 Å². The molecule has 2 N–H and O–H groups in total. The van der Waals surface area contributed by atoms with E-state index >= 15 is 0 Å². The molecule has 1 fully saturated rings. The van der Waals surface area contributed by atoms with E-state index in [1.807, 2.05) is 25.1 Å². The third kappa shape index (κ3) is 6.16. The van der Waals surface area contributed by atoms with E-state index in [9.17, 15) is 13.2 Å². The number of sulfonamides is 1. The van der Waals surface area contributed by atoms with Crippen LogP contribution >= 0.6 is 0 Å². The Morgan fingerprint density at radius 1 is 1.00 bits per heavy atom. The van der Waals surface area contributed by atoms with E-state index in [-0.39, 0.29) is 23.7 Å². The highest BCUT2D eigenvalue weighted by Gasteiger charge is 2.27. The van der Waals surface area contributed by atoms with Gasteiger partial charge in [-0.3, -0.25) is 4.79 Å². The molecule has 0 radical (unpaired) electrons. The molecule has 0 heterocycles. The van der Waals surface area contributed by atoms with Gasteiger partial charge in [0.1, 0.15) is 0 Å². The summed E-state index contributed by atoms with van der Waals surface area (Å²) in [6, 6.07) is 17.1. The quantitative estimate of drug-likeness (QED) is 0.667. The number of hydrogen-bond acceptors (Lipinski definition) is 3. The summed E-state index contributed by atoms with van der Waals surface area (Å²) < 4.78 is 27.6. The van der Waals surface area contributed by atoms with Gasteiger partial charge in [0.15, 0.2) is 0 Å². The van der Waals surface area contributed by atoms with Crippen molar-refractivity contribution in [1.29, 1.82) is 0 Å². The number of rotatable bonds is 8. The van der Waals surface area contributed by atoms with Crippen LogP contribution in [0.1, 0.15) is 49.7 Å². The fourth-order valence-corrected chi connectivity index (χ4v) is 5.07. The third-order valence-electron chi connectivity index (χ3n) is 6.06. The standard InChI is InChI=1S/C24H32N2O3S/c1-18-8-14-23(15-9-18)30(28,29)26-17-20-10-12-22(13-11-20)24(27)25-16-19(2)21-6-4-3-5-7-21/h3-9,14-15,19-20,22,26H,10-13,16-17H2,1-2H3,(H,25,27). The van der Waals surface area contributed by atoms with Crippen LogP contribution in [0.3, 0.4) is 0 Å². The first-order valence-corrected chi connectivity index (χ1v) is 12.2. The minimum atomic E-state index is -3.48. The van der Waals surface area contributed by atoms with Gasteiger partial charge in [0.25, 0.3) is 0 Å². The molecule has 0 aromatic heterocycles. The number of carbonyl (C=O) groups excluding carboxylic acids is 1. The van der Waals surface area contributed by atoms with Crippen molar-refractivity contribution >= 4 is 15.9 Å². The summed E-state index contributed by atoms with van der Waals surface area (Å²) in [6.45, 7) is 5.11. The van der Waals surface area contributed by atoms with E-state index < -0.39 is 10.0 Å². The second-order valence-corrected chi connectivity index (χ2v) is 10.2. The Kier molecular flexibility index (Phi) is 7.67. The SMILES string of the molecule is Cc1ccc(S(=O)(=O)NCC2CCC(C(=O)NCC(C)c3ccccc3)CC2)cc1. The zero-order chi connectivity index (χ0) is 21.6. The molecule has 1 aliphatic carbocycles. The third-order valence-corrected chi connectivity index (χ3v) is 7.50. The second-order valence-electron chi connectivity index (χ2n) is 8.44. The lowest BCUT2D eigenvalue weighted by molar-refractivity contribution is -0.126. The number of benzene rings is 2. The lowest BCUT2D eigenvalue weighted by atomic mass is 9.81. The molecule has 30 heavy (non-hydrogen) atoms. The van der Waals surface area contributed by atoms with Crippen LogP contribution in [0, 0.1) is 18.8 Å². The van der Waals surface area contributed by atoms with Crippen molar-refractivity contribution in [3.05, 3.63) is 65.7 Å². The molecule has 0 bridgehead atoms. The van der Waals surface area contributed by atoms with Crippen molar-refractivity contribution in [3.8, 4) is 0 Å². The summed E-state index contributed by atoms with van der Waals surface area (Å²) in [5.41, 5.74) is 2.26. The van der Waals surface area contributed by atoms with Gasteiger partial charge in [0.2, 0.25) is 15.9 Å². The van der Waals surface area contributed by atoms with Crippen LogP contribution in [0.2, 0.25) is 0 Å². The minimum Gasteiger partial charge on any atom is -0.355 e. The smallest absolute Gasteiger partial charge is 0.240 e. The summed E-state index contributed by atoms with van der Waals surface area (Å²) in [6.07, 6.45) is 3.34. The maximum Gasteiger partial charge on any atom is 0.240 e. The maximum atomic E-state index is 12.5. The number of aryl methyl sites for hydroxylation is 1. The highest BCUT2D eigenvalue weighted by molar-refractivity contribution is 7.89. The molecule has 162 valence electrons. The normalized spacial score (nSPS) is 20.5. The minimum absolute atomic E-state index is 0.0259. The van der Waals surface area contributed by atoms with Gasteiger partial charge in [-0.05, 0) is 62.1 Å². The van der Waals surface area contributed by atoms with Crippen LogP contribution in [-0.4, -0.2) is 27.4 Å². The molecule has 0 spiro atoms. The van der Waals surface area contributed by atoms with Gasteiger partial charge in [-0.1, -0.05) is 55.0 Å². The van der Waals surface area contributed by atoms with Crippen LogP contribution in [0.5, 0.6) is 0 Å². The molecule has 0 aliphatic heterocycles. The van der Waals surface area contributed by atoms with Crippen LogP contribution < -0.4 is 10.0 Å². The van der Waals surface area contributed by atoms with Crippen molar-refractivity contribution in [2.45, 2.75) is 50.3 Å². The van der Waals surface area contributed by atoms with E-state index in [4.69, 9.17) is 0 Å². The predicted octanol–water partition coefficient (Wildman–Crippen LogP) is 4.00. The molecule has 6 heteroatoms. The fraction of sp³-hybridized carbons (Fsp3) is 0.458. The molecule has 1 unspecified atom stereocenters. The lowest BCUT2D eigenvalue weighted by Gasteiger charge is -2.28. The van der Waals surface area contributed by atoms with Gasteiger partial charge in [-0.2, -0.15) is 0 Å². The molecule has 3 rings (SSSR count). The fourth-order valence-electron chi connectivity index (χ4n) is 3.95. The molecule has 2 aromatic rings. The highest BCUT2D eigenvalue weighted by atomic mass is 32.2. The molecule has 0 saturated heterocycles. The number of nitrogens with one attached hydrogen (secondary N) is 2. The Morgan fingerprint density at radius 3 is 2.27 bits per heavy atom. The van der Waals surface area contributed by atoms with Gasteiger partial charge in [-0.15, -0.1) is 0 Å². The van der Waals surface area contributed by atoms with Crippen LogP contribution in [0.15, 0.2) is 59.5 Å². The summed E-state index contributed by atoms with van der Waals surface area (Å²) in [4.78, 5) is 12.8. The molecule has 2 aromatic carbocycles. The van der Waals surface area contributed by atoms with Gasteiger partial charge in [0, 0.05) is 19.0 Å². The largest absolute Gasteiger partial charge is 0.355 e. The van der Waals surface area contributed by atoms with Gasteiger partial charge >= 0.3 is 0 Å². The van der Waals surface area contributed by atoms with E-state index in [1.54, 1.807) is 24.3 Å². The van der Waals surface area contributed by atoms with E-state index in [0.717, 1.165) is 31.2 Å². The zero-order valence-electron chi connectivity index (χ0n) is 17.8. The van der Waals surface area contributed by atoms with Gasteiger partial charge in [0.05, 0.1) is 4.90 Å². The molecular weight excluding hydrogens is 396 g/mol. The van der Waals surface area contributed by atoms with Crippen molar-refractivity contribution < 1.29 is 13.2 Å². The Hall–Kier alpha value is -2.18. The van der Waals surface area contributed by atoms with Gasteiger partial charge < -0.3 is 5.32 Å². The van der Waals surface area contributed by atoms with Crippen LogP contribution in [0.4, 0.5) is 0 Å². The highest BCUT2D eigenvalue weighted by Crippen LogP contribution is 2.29. The first-order chi connectivity index (χ1) is 14.3. The van der Waals surface area contributed by atoms with E-state index in [1.165, 1.54) is 5.56 Å². The lowest BCUT2D eigenvalue weighted by Crippen LogP contribution is -2.37. The van der Waals surface area contributed by atoms with E-state index in [0.29, 0.717) is 18.0 Å². The molecule has 1 aliphatic rings. The maximum absolute atomic E-state index is 12.5. The van der Waals surface area contributed by atoms with Crippen molar-refractivity contribution in [1.82, 2.24) is 10.0 Å². The first-order valence-electron chi connectivity index (χ1n) is 10.7. The predicted molar refractivity (Wildman–Crippen MR) is 120 cm³/mol. The van der Waals surface area contributed by atoms with Crippen molar-refractivity contribution in [3.63, 3.8) is 0 Å². The summed E-state index contributed by atoms with van der Waals surface area (Å²) in [5.74, 6) is 0.703. The molecule has 1 atom stereocenters. The average molecular weight is 429 g/mol. The molecule has 5 nitrogen and oxygen atoms in total. The Morgan fingerprint density at radius 2 is 1.63 bits per heavy atom. The Balaban J connectivity index is 1.41. The summed E-state index contributed by atoms with van der Waals surface area (Å²) >= 11 is 0. The number of carbonyl (C=O) groups is 1. The topological polar surface area (TPSA) is 75.3 Å². The second kappa shape index (κ2) is 10.2. The zero-order valence-corrected chi connectivity index (χ0v) is 18.6. The van der Waals surface area contributed by atoms with Crippen LogP contribution in [0.25, 0.3) is 0 Å². The first kappa shape index (κ1) is 22.5. The number of amides is 1. The molecule has 1 amide bonds. The van der Waals surface area contributed by atoms with Crippen LogP contribution in [-0.2, 0) is 14.8 Å². The van der Waals surface area contributed by atoms with Crippen molar-refractivity contribution in [2.75, 3.05) is 13.1 Å². The molecule has 1 saturated carbocycles. The van der Waals surface area contributed by atoms with E-state index in [2.05, 4.69) is 29.1 Å². The summed E-state index contributed by atoms with van der Waals surface area (Å²) in [7, 11) is -3.48. The van der Waals surface area contributed by atoms with Gasteiger partial charge in [-0.25, -0.2) is 13.1 Å². The van der Waals surface area contributed by atoms with Crippen molar-refractivity contribution in [2.24, 2.45) is 11.8 Å². The molecular formula is C24H32N2O3S. The monoisotopic (exact) mass is 428 g/mol. The summed E-state index contributed by atoms with van der Waals surface area (Å²) in [5, 5.41) is 3.10. The Bertz CT molecular complexity index is 919.